The van der Waals surface area contributed by atoms with E-state index in [-0.39, 0.29) is 17.1 Å². The number of nitrogens with zero attached hydrogens (tertiary/aromatic N) is 2. The number of aliphatic hydroxyl groups is 1. The molecule has 1 amide bonds. The van der Waals surface area contributed by atoms with Crippen LogP contribution in [0.2, 0.25) is 0 Å². The average Bonchev–Trinajstić information content (AvgIpc) is 2.79. The molecule has 35 heavy (non-hydrogen) atoms. The fourth-order valence-electron chi connectivity index (χ4n) is 3.14. The normalized spacial score (nSPS) is 13.0. The molecule has 6 N–H and O–H groups in total. The molecule has 2 atom stereocenters. The van der Waals surface area contributed by atoms with Crippen LogP contribution in [0.4, 0.5) is 30.4 Å². The third-order valence-electron chi connectivity index (χ3n) is 4.94. The summed E-state index contributed by atoms with van der Waals surface area (Å²) in [7, 11) is 0. The summed E-state index contributed by atoms with van der Waals surface area (Å²) in [4.78, 5) is 19.5. The monoisotopic (exact) mass is 490 g/mol. The SMILES string of the molecule is CCC(Nc1cc(Oc2ccc(NC(O)Nc3ccc(C)c(C(F)(F)F)c3)cc2)ncn1)C(N)=O. The Labute approximate surface area is 199 Å². The standard InChI is InChI=1S/C23H25F3N6O3/c1-3-18(21(27)33)32-19-11-20(29-12-28-19)35-16-8-6-14(7-9-16)30-22(34)31-15-5-4-13(2)17(10-15)23(24,25)26/h4-12,18,22,30-31,34H,3H2,1-2H3,(H2,27,33)(H,28,29,32). The van der Waals surface area contributed by atoms with E-state index in [1.807, 2.05) is 6.92 Å². The molecular formula is C23H25F3N6O3. The Kier molecular flexibility index (Phi) is 7.97. The summed E-state index contributed by atoms with van der Waals surface area (Å²) in [5.41, 5.74) is 5.23. The lowest BCUT2D eigenvalue weighted by atomic mass is 10.1. The molecule has 186 valence electrons. The molecule has 1 heterocycles. The first kappa shape index (κ1) is 25.6. The maximum Gasteiger partial charge on any atom is 0.416 e. The van der Waals surface area contributed by atoms with Crippen molar-refractivity contribution in [2.45, 2.75) is 38.8 Å². The minimum Gasteiger partial charge on any atom is -0.439 e. The number of anilines is 3. The molecule has 0 fully saturated rings. The van der Waals surface area contributed by atoms with Gasteiger partial charge in [0.25, 0.3) is 0 Å². The van der Waals surface area contributed by atoms with Crippen LogP contribution in [0.1, 0.15) is 24.5 Å². The van der Waals surface area contributed by atoms with Crippen molar-refractivity contribution in [2.24, 2.45) is 5.73 Å². The van der Waals surface area contributed by atoms with E-state index in [0.29, 0.717) is 23.7 Å². The van der Waals surface area contributed by atoms with Crippen LogP contribution in [0.15, 0.2) is 54.9 Å². The van der Waals surface area contributed by atoms with Gasteiger partial charge in [-0.05, 0) is 55.3 Å². The summed E-state index contributed by atoms with van der Waals surface area (Å²) < 4.78 is 44.9. The second-order valence-electron chi connectivity index (χ2n) is 7.59. The van der Waals surface area contributed by atoms with Gasteiger partial charge in [0.1, 0.15) is 23.9 Å². The van der Waals surface area contributed by atoms with Crippen molar-refractivity contribution in [3.8, 4) is 11.6 Å². The Bertz CT molecular complexity index is 1160. The molecule has 9 nitrogen and oxygen atoms in total. The Morgan fingerprint density at radius 2 is 1.71 bits per heavy atom. The lowest BCUT2D eigenvalue weighted by molar-refractivity contribution is -0.138. The number of ether oxygens (including phenoxy) is 1. The molecule has 0 aliphatic carbocycles. The third-order valence-corrected chi connectivity index (χ3v) is 4.94. The first-order valence-electron chi connectivity index (χ1n) is 10.6. The van der Waals surface area contributed by atoms with Crippen molar-refractivity contribution in [2.75, 3.05) is 16.0 Å². The molecule has 1 aromatic heterocycles. The van der Waals surface area contributed by atoms with E-state index in [9.17, 15) is 23.1 Å². The van der Waals surface area contributed by atoms with Crippen LogP contribution < -0.4 is 26.4 Å². The van der Waals surface area contributed by atoms with Crippen molar-refractivity contribution in [3.63, 3.8) is 0 Å². The highest BCUT2D eigenvalue weighted by Gasteiger charge is 2.32. The van der Waals surface area contributed by atoms with E-state index in [1.54, 1.807) is 24.3 Å². The van der Waals surface area contributed by atoms with Gasteiger partial charge >= 0.3 is 6.18 Å². The largest absolute Gasteiger partial charge is 0.439 e. The van der Waals surface area contributed by atoms with E-state index in [1.165, 1.54) is 31.5 Å². The molecule has 0 bridgehead atoms. The number of aromatic nitrogens is 2. The van der Waals surface area contributed by atoms with Gasteiger partial charge in [-0.2, -0.15) is 13.2 Å². The number of hydrogen-bond donors (Lipinski definition) is 5. The number of aryl methyl sites for hydroxylation is 1. The minimum absolute atomic E-state index is 0.0886. The van der Waals surface area contributed by atoms with Gasteiger partial charge in [-0.15, -0.1) is 0 Å². The Morgan fingerprint density at radius 3 is 2.34 bits per heavy atom. The van der Waals surface area contributed by atoms with Gasteiger partial charge in [-0.25, -0.2) is 9.97 Å². The highest BCUT2D eigenvalue weighted by Crippen LogP contribution is 2.33. The molecule has 0 saturated heterocycles. The number of amides is 1. The van der Waals surface area contributed by atoms with Crippen LogP contribution >= 0.6 is 0 Å². The summed E-state index contributed by atoms with van der Waals surface area (Å²) in [5.74, 6) is 0.524. The molecular weight excluding hydrogens is 465 g/mol. The van der Waals surface area contributed by atoms with Gasteiger partial charge in [0, 0.05) is 17.4 Å². The molecule has 0 spiro atoms. The number of carbonyl (C=O) groups is 1. The number of rotatable bonds is 10. The van der Waals surface area contributed by atoms with Crippen molar-refractivity contribution in [3.05, 3.63) is 66.0 Å². The highest BCUT2D eigenvalue weighted by molar-refractivity contribution is 5.82. The molecule has 2 aromatic carbocycles. The van der Waals surface area contributed by atoms with Gasteiger partial charge in [0.15, 0.2) is 0 Å². The van der Waals surface area contributed by atoms with Crippen LogP contribution in [0.5, 0.6) is 11.6 Å². The number of nitrogens with two attached hydrogens (primary N) is 1. The van der Waals surface area contributed by atoms with E-state index >= 15 is 0 Å². The fraction of sp³-hybridized carbons (Fsp3) is 0.261. The molecule has 2 unspecified atom stereocenters. The highest BCUT2D eigenvalue weighted by atomic mass is 19.4. The number of nitrogens with one attached hydrogen (secondary N) is 3. The number of alkyl halides is 3. The lowest BCUT2D eigenvalue weighted by Crippen LogP contribution is -2.35. The molecule has 0 aliphatic rings. The zero-order chi connectivity index (χ0) is 25.6. The van der Waals surface area contributed by atoms with Gasteiger partial charge in [0.05, 0.1) is 5.56 Å². The average molecular weight is 490 g/mol. The summed E-state index contributed by atoms with van der Waals surface area (Å²) >= 11 is 0. The first-order valence-corrected chi connectivity index (χ1v) is 10.6. The minimum atomic E-state index is -4.49. The molecule has 0 saturated carbocycles. The molecule has 12 heteroatoms. The van der Waals surface area contributed by atoms with E-state index in [0.717, 1.165) is 6.07 Å². The predicted octanol–water partition coefficient (Wildman–Crippen LogP) is 4.07. The smallest absolute Gasteiger partial charge is 0.416 e. The van der Waals surface area contributed by atoms with Gasteiger partial charge in [0.2, 0.25) is 18.1 Å². The molecule has 3 rings (SSSR count). The van der Waals surface area contributed by atoms with Crippen LogP contribution in [0, 0.1) is 6.92 Å². The topological polar surface area (TPSA) is 134 Å². The Hall–Kier alpha value is -4.06. The van der Waals surface area contributed by atoms with Crippen molar-refractivity contribution in [1.82, 2.24) is 9.97 Å². The van der Waals surface area contributed by atoms with Crippen molar-refractivity contribution in [1.29, 1.82) is 0 Å². The number of hydrogen-bond acceptors (Lipinski definition) is 8. The van der Waals surface area contributed by atoms with Gasteiger partial charge in [-0.1, -0.05) is 13.0 Å². The predicted molar refractivity (Wildman–Crippen MR) is 125 cm³/mol. The lowest BCUT2D eigenvalue weighted by Gasteiger charge is -2.19. The maximum absolute atomic E-state index is 13.1. The number of benzene rings is 2. The summed E-state index contributed by atoms with van der Waals surface area (Å²) in [5, 5.41) is 18.4. The summed E-state index contributed by atoms with van der Waals surface area (Å²) in [6, 6.07) is 11.1. The number of aliphatic hydroxyl groups excluding tert-OH is 1. The van der Waals surface area contributed by atoms with E-state index in [4.69, 9.17) is 10.5 Å². The van der Waals surface area contributed by atoms with Crippen molar-refractivity contribution < 1.29 is 27.8 Å². The molecule has 0 aliphatic heterocycles. The zero-order valence-corrected chi connectivity index (χ0v) is 18.9. The second kappa shape index (κ2) is 10.9. The number of halogens is 3. The number of carbonyl (C=O) groups excluding carboxylic acids is 1. The summed E-state index contributed by atoms with van der Waals surface area (Å²) in [6.07, 6.45) is -4.08. The van der Waals surface area contributed by atoms with Crippen LogP contribution in [0.25, 0.3) is 0 Å². The van der Waals surface area contributed by atoms with Crippen LogP contribution in [0.3, 0.4) is 0 Å². The maximum atomic E-state index is 13.1. The first-order chi connectivity index (χ1) is 16.5. The fourth-order valence-corrected chi connectivity index (χ4v) is 3.14. The van der Waals surface area contributed by atoms with Gasteiger partial charge < -0.3 is 31.5 Å². The summed E-state index contributed by atoms with van der Waals surface area (Å²) in [6.45, 7) is 3.18. The third kappa shape index (κ3) is 7.21. The van der Waals surface area contributed by atoms with Gasteiger partial charge in [-0.3, -0.25) is 4.79 Å². The molecule has 3 aromatic rings. The Balaban J connectivity index is 1.60. The van der Waals surface area contributed by atoms with Crippen LogP contribution in [-0.4, -0.2) is 33.4 Å². The van der Waals surface area contributed by atoms with Crippen LogP contribution in [-0.2, 0) is 11.0 Å². The molecule has 0 radical (unpaired) electrons. The van der Waals surface area contributed by atoms with Crippen molar-refractivity contribution >= 4 is 23.1 Å². The Morgan fingerprint density at radius 1 is 1.06 bits per heavy atom. The number of primary amides is 1. The second-order valence-corrected chi connectivity index (χ2v) is 7.59. The quantitative estimate of drug-likeness (QED) is 0.269. The zero-order valence-electron chi connectivity index (χ0n) is 18.9. The van der Waals surface area contributed by atoms with E-state index < -0.39 is 30.0 Å². The van der Waals surface area contributed by atoms with E-state index in [2.05, 4.69) is 25.9 Å².